The second-order valence-electron chi connectivity index (χ2n) is 5.91. The van der Waals surface area contributed by atoms with Crippen LogP contribution in [0.2, 0.25) is 0 Å². The first-order chi connectivity index (χ1) is 11.8. The lowest BCUT2D eigenvalue weighted by molar-refractivity contribution is 0.306. The molecule has 0 aliphatic rings. The van der Waals surface area contributed by atoms with Crippen LogP contribution in [0.4, 0.5) is 0 Å². The first-order valence-corrected chi connectivity index (χ1v) is 8.01. The van der Waals surface area contributed by atoms with Crippen molar-refractivity contribution in [3.8, 4) is 17.1 Å². The number of ether oxygens (including phenoxy) is 1. The van der Waals surface area contributed by atoms with Crippen LogP contribution in [0.1, 0.15) is 11.1 Å². The molecule has 0 saturated heterocycles. The van der Waals surface area contributed by atoms with Crippen LogP contribution in [0.25, 0.3) is 22.4 Å². The minimum Gasteiger partial charge on any atom is -0.489 e. The van der Waals surface area contributed by atoms with Gasteiger partial charge in [-0.25, -0.2) is 4.98 Å². The van der Waals surface area contributed by atoms with Crippen LogP contribution in [0.3, 0.4) is 0 Å². The molecule has 3 aromatic carbocycles. The highest BCUT2D eigenvalue weighted by Crippen LogP contribution is 2.24. The van der Waals surface area contributed by atoms with E-state index in [1.165, 1.54) is 11.1 Å². The van der Waals surface area contributed by atoms with Crippen LogP contribution in [0, 0.1) is 6.92 Å². The lowest BCUT2D eigenvalue weighted by atomic mass is 10.1. The summed E-state index contributed by atoms with van der Waals surface area (Å²) in [6.07, 6.45) is 0. The smallest absolute Gasteiger partial charge is 0.138 e. The molecule has 1 heterocycles. The number of aryl methyl sites for hydroxylation is 1. The molecule has 0 bridgehead atoms. The molecule has 3 nitrogen and oxygen atoms in total. The molecule has 0 saturated carbocycles. The predicted octanol–water partition coefficient (Wildman–Crippen LogP) is 5.12. The van der Waals surface area contributed by atoms with E-state index in [1.54, 1.807) is 0 Å². The molecule has 0 unspecified atom stereocenters. The Morgan fingerprint density at radius 2 is 1.79 bits per heavy atom. The molecule has 0 aliphatic carbocycles. The number of para-hydroxylation sites is 2. The maximum Gasteiger partial charge on any atom is 0.138 e. The van der Waals surface area contributed by atoms with Gasteiger partial charge in [0, 0.05) is 5.56 Å². The van der Waals surface area contributed by atoms with E-state index >= 15 is 0 Å². The van der Waals surface area contributed by atoms with E-state index in [-0.39, 0.29) is 0 Å². The Kier molecular flexibility index (Phi) is 3.75. The van der Waals surface area contributed by atoms with Crippen molar-refractivity contribution in [3.63, 3.8) is 0 Å². The van der Waals surface area contributed by atoms with Crippen LogP contribution >= 0.6 is 0 Å². The van der Waals surface area contributed by atoms with Gasteiger partial charge in [0.2, 0.25) is 0 Å². The van der Waals surface area contributed by atoms with Crippen molar-refractivity contribution in [1.82, 2.24) is 9.97 Å². The summed E-state index contributed by atoms with van der Waals surface area (Å²) in [4.78, 5) is 8.00. The zero-order valence-electron chi connectivity index (χ0n) is 13.5. The molecule has 118 valence electrons. The fourth-order valence-electron chi connectivity index (χ4n) is 2.79. The van der Waals surface area contributed by atoms with E-state index in [0.29, 0.717) is 6.61 Å². The number of hydrogen-bond acceptors (Lipinski definition) is 2. The van der Waals surface area contributed by atoms with Gasteiger partial charge in [-0.2, -0.15) is 0 Å². The number of fused-ring (bicyclic) bond motifs is 1. The van der Waals surface area contributed by atoms with Crippen molar-refractivity contribution >= 4 is 11.0 Å². The average molecular weight is 314 g/mol. The molecule has 4 aromatic rings. The summed E-state index contributed by atoms with van der Waals surface area (Å²) in [5.74, 6) is 1.70. The highest BCUT2D eigenvalue weighted by molar-refractivity contribution is 5.79. The maximum atomic E-state index is 5.94. The van der Waals surface area contributed by atoms with E-state index in [2.05, 4.69) is 41.2 Å². The molecule has 0 fully saturated rings. The van der Waals surface area contributed by atoms with Crippen LogP contribution in [0.15, 0.2) is 72.8 Å². The van der Waals surface area contributed by atoms with Crippen molar-refractivity contribution in [2.45, 2.75) is 13.5 Å². The lowest BCUT2D eigenvalue weighted by Crippen LogP contribution is -1.96. The minimum absolute atomic E-state index is 0.561. The fourth-order valence-corrected chi connectivity index (χ4v) is 2.79. The number of nitrogens with one attached hydrogen (secondary N) is 1. The van der Waals surface area contributed by atoms with E-state index in [9.17, 15) is 0 Å². The molecule has 3 heteroatoms. The largest absolute Gasteiger partial charge is 0.489 e. The maximum absolute atomic E-state index is 5.94. The molecule has 1 N–H and O–H groups in total. The number of hydrogen-bond donors (Lipinski definition) is 1. The standard InChI is InChI=1S/C21H18N2O/c1-15-6-4-7-16(12-15)14-24-18-9-5-8-17(13-18)21-22-19-10-2-3-11-20(19)23-21/h2-13H,14H2,1H3,(H,22,23). The van der Waals surface area contributed by atoms with Gasteiger partial charge in [0.05, 0.1) is 11.0 Å². The third-order valence-corrected chi connectivity index (χ3v) is 3.98. The molecule has 0 spiro atoms. The molecular weight excluding hydrogens is 296 g/mol. The van der Waals surface area contributed by atoms with E-state index < -0.39 is 0 Å². The Balaban J connectivity index is 1.57. The SMILES string of the molecule is Cc1cccc(COc2cccc(-c3nc4ccccc4[nH]3)c2)c1. The molecule has 4 rings (SSSR count). The van der Waals surface area contributed by atoms with Crippen molar-refractivity contribution in [1.29, 1.82) is 0 Å². The quantitative estimate of drug-likeness (QED) is 0.568. The van der Waals surface area contributed by atoms with E-state index in [0.717, 1.165) is 28.2 Å². The van der Waals surface area contributed by atoms with Crippen LogP contribution in [0.5, 0.6) is 5.75 Å². The highest BCUT2D eigenvalue weighted by Gasteiger charge is 2.06. The second kappa shape index (κ2) is 6.20. The molecular formula is C21H18N2O. The average Bonchev–Trinajstić information content (AvgIpc) is 3.05. The number of rotatable bonds is 4. The summed E-state index contributed by atoms with van der Waals surface area (Å²) in [6, 6.07) is 24.4. The predicted molar refractivity (Wildman–Crippen MR) is 97.0 cm³/mol. The zero-order chi connectivity index (χ0) is 16.4. The molecule has 0 amide bonds. The Morgan fingerprint density at radius 3 is 2.67 bits per heavy atom. The summed E-state index contributed by atoms with van der Waals surface area (Å²) in [7, 11) is 0. The number of H-pyrrole nitrogens is 1. The van der Waals surface area contributed by atoms with Crippen molar-refractivity contribution < 1.29 is 4.74 Å². The third-order valence-electron chi connectivity index (χ3n) is 3.98. The molecule has 1 aromatic heterocycles. The lowest BCUT2D eigenvalue weighted by Gasteiger charge is -2.08. The van der Waals surface area contributed by atoms with Gasteiger partial charge in [-0.15, -0.1) is 0 Å². The molecule has 0 aliphatic heterocycles. The first-order valence-electron chi connectivity index (χ1n) is 8.01. The molecule has 0 atom stereocenters. The second-order valence-corrected chi connectivity index (χ2v) is 5.91. The normalized spacial score (nSPS) is 10.9. The van der Waals surface area contributed by atoms with Gasteiger partial charge in [-0.1, -0.05) is 54.1 Å². The minimum atomic E-state index is 0.561. The number of imidazole rings is 1. The molecule has 0 radical (unpaired) electrons. The molecule has 24 heavy (non-hydrogen) atoms. The topological polar surface area (TPSA) is 37.9 Å². The summed E-state index contributed by atoms with van der Waals surface area (Å²) in [5, 5.41) is 0. The summed E-state index contributed by atoms with van der Waals surface area (Å²) < 4.78 is 5.94. The monoisotopic (exact) mass is 314 g/mol. The van der Waals surface area contributed by atoms with Crippen molar-refractivity contribution in [3.05, 3.63) is 83.9 Å². The van der Waals surface area contributed by atoms with Gasteiger partial charge in [0.25, 0.3) is 0 Å². The van der Waals surface area contributed by atoms with E-state index in [4.69, 9.17) is 4.74 Å². The Bertz CT molecular complexity index is 955. The van der Waals surface area contributed by atoms with Gasteiger partial charge in [-0.3, -0.25) is 0 Å². The van der Waals surface area contributed by atoms with Crippen LogP contribution < -0.4 is 4.74 Å². The van der Waals surface area contributed by atoms with Gasteiger partial charge >= 0.3 is 0 Å². The van der Waals surface area contributed by atoms with Gasteiger partial charge < -0.3 is 9.72 Å². The zero-order valence-corrected chi connectivity index (χ0v) is 13.5. The summed E-state index contributed by atoms with van der Waals surface area (Å²) in [5.41, 5.74) is 5.45. The Labute approximate surface area is 140 Å². The van der Waals surface area contributed by atoms with E-state index in [1.807, 2.05) is 48.5 Å². The van der Waals surface area contributed by atoms with Crippen molar-refractivity contribution in [2.24, 2.45) is 0 Å². The number of benzene rings is 3. The Hall–Kier alpha value is -3.07. The fraction of sp³-hybridized carbons (Fsp3) is 0.0952. The van der Waals surface area contributed by atoms with Gasteiger partial charge in [0.15, 0.2) is 0 Å². The first kappa shape index (κ1) is 14.5. The number of aromatic amines is 1. The van der Waals surface area contributed by atoms with Crippen LogP contribution in [-0.4, -0.2) is 9.97 Å². The summed E-state index contributed by atoms with van der Waals surface area (Å²) >= 11 is 0. The number of nitrogens with zero attached hydrogens (tertiary/aromatic N) is 1. The van der Waals surface area contributed by atoms with Gasteiger partial charge in [0.1, 0.15) is 18.2 Å². The Morgan fingerprint density at radius 1 is 0.917 bits per heavy atom. The highest BCUT2D eigenvalue weighted by atomic mass is 16.5. The number of aromatic nitrogens is 2. The van der Waals surface area contributed by atoms with Crippen molar-refractivity contribution in [2.75, 3.05) is 0 Å². The van der Waals surface area contributed by atoms with Crippen LogP contribution in [-0.2, 0) is 6.61 Å². The summed E-state index contributed by atoms with van der Waals surface area (Å²) in [6.45, 7) is 2.65. The van der Waals surface area contributed by atoms with Gasteiger partial charge in [-0.05, 0) is 36.8 Å². The third kappa shape index (κ3) is 3.01.